The summed E-state index contributed by atoms with van der Waals surface area (Å²) in [5.41, 5.74) is 11.0. The van der Waals surface area contributed by atoms with Crippen LogP contribution in [0.5, 0.6) is 0 Å². The molecule has 0 saturated heterocycles. The van der Waals surface area contributed by atoms with Gasteiger partial charge in [-0.05, 0) is 0 Å². The van der Waals surface area contributed by atoms with Crippen molar-refractivity contribution >= 4 is 26.4 Å². The summed E-state index contributed by atoms with van der Waals surface area (Å²) in [7, 11) is 0. The van der Waals surface area contributed by atoms with Crippen LogP contribution in [0.2, 0.25) is 0 Å². The number of hydrogen-bond acceptors (Lipinski definition) is 2. The second kappa shape index (κ2) is 3.01. The van der Waals surface area contributed by atoms with Crippen LogP contribution in [-0.2, 0) is 0 Å². The van der Waals surface area contributed by atoms with Gasteiger partial charge in [-0.3, -0.25) is 0 Å². The zero-order valence-corrected chi connectivity index (χ0v) is 5.01. The molecule has 0 unspecified atom stereocenters. The molecule has 3 N–H and O–H groups in total. The SMILES string of the molecule is N=NN=C(N)I. The minimum atomic E-state index is 0.280. The molecule has 0 atom stereocenters. The van der Waals surface area contributed by atoms with E-state index in [1.54, 1.807) is 22.6 Å². The number of rotatable bonds is 1. The minimum Gasteiger partial charge on any atom is -0.377 e. The summed E-state index contributed by atoms with van der Waals surface area (Å²) in [6.45, 7) is 0. The van der Waals surface area contributed by atoms with Crippen LogP contribution in [-0.4, -0.2) is 3.84 Å². The highest BCUT2D eigenvalue weighted by atomic mass is 127. The molecule has 0 heterocycles. The standard InChI is InChI=1S/CH3IN4/c2-1(3)5-6-4/h(H3,3,4,5). The first-order valence-electron chi connectivity index (χ1n) is 1.12. The predicted octanol–water partition coefficient (Wildman–Crippen LogP) is 0.682. The van der Waals surface area contributed by atoms with Crippen LogP contribution < -0.4 is 5.73 Å². The summed E-state index contributed by atoms with van der Waals surface area (Å²) in [6.07, 6.45) is 0. The molecule has 0 spiro atoms. The number of halogens is 1. The molecular formula is CH3IN4. The van der Waals surface area contributed by atoms with Crippen molar-refractivity contribution in [3.8, 4) is 0 Å². The van der Waals surface area contributed by atoms with Gasteiger partial charge in [0.15, 0.2) is 3.84 Å². The van der Waals surface area contributed by atoms with E-state index in [4.69, 9.17) is 11.3 Å². The Morgan fingerprint density at radius 3 is 2.33 bits per heavy atom. The Morgan fingerprint density at radius 2 is 2.33 bits per heavy atom. The van der Waals surface area contributed by atoms with E-state index in [1.807, 2.05) is 0 Å². The Morgan fingerprint density at radius 1 is 1.83 bits per heavy atom. The average Bonchev–Trinajstić information content (AvgIpc) is 1.35. The van der Waals surface area contributed by atoms with E-state index in [9.17, 15) is 0 Å². The van der Waals surface area contributed by atoms with Crippen LogP contribution >= 0.6 is 22.6 Å². The number of amidine groups is 1. The highest BCUT2D eigenvalue weighted by molar-refractivity contribution is 14.1. The van der Waals surface area contributed by atoms with Crippen molar-refractivity contribution in [3.63, 3.8) is 0 Å². The van der Waals surface area contributed by atoms with E-state index in [1.165, 1.54) is 0 Å². The van der Waals surface area contributed by atoms with Gasteiger partial charge in [0.05, 0.1) is 0 Å². The van der Waals surface area contributed by atoms with Crippen LogP contribution in [0, 0.1) is 5.53 Å². The van der Waals surface area contributed by atoms with Crippen LogP contribution in [0.15, 0.2) is 10.3 Å². The molecule has 0 rings (SSSR count). The topological polar surface area (TPSA) is 74.6 Å². The van der Waals surface area contributed by atoms with E-state index in [0.29, 0.717) is 0 Å². The van der Waals surface area contributed by atoms with Crippen molar-refractivity contribution in [1.82, 2.24) is 0 Å². The molecular weight excluding hydrogens is 195 g/mol. The molecule has 0 aliphatic heterocycles. The normalized spacial score (nSPS) is 11.2. The van der Waals surface area contributed by atoms with Gasteiger partial charge in [0.1, 0.15) is 0 Å². The van der Waals surface area contributed by atoms with Gasteiger partial charge in [0.25, 0.3) is 0 Å². The first-order chi connectivity index (χ1) is 2.77. The Labute approximate surface area is 48.4 Å². The van der Waals surface area contributed by atoms with E-state index < -0.39 is 0 Å². The second-order valence-corrected chi connectivity index (χ2v) is 1.63. The van der Waals surface area contributed by atoms with E-state index in [0.717, 1.165) is 0 Å². The van der Waals surface area contributed by atoms with Gasteiger partial charge in [0.2, 0.25) is 0 Å². The van der Waals surface area contributed by atoms with Gasteiger partial charge in [-0.2, -0.15) is 5.53 Å². The van der Waals surface area contributed by atoms with Gasteiger partial charge in [-0.15, -0.1) is 5.10 Å². The van der Waals surface area contributed by atoms with Crippen LogP contribution in [0.3, 0.4) is 0 Å². The summed E-state index contributed by atoms with van der Waals surface area (Å²) in [4.78, 5) is 0. The lowest BCUT2D eigenvalue weighted by atomic mass is 11.4. The zero-order valence-electron chi connectivity index (χ0n) is 2.85. The molecule has 0 amide bonds. The van der Waals surface area contributed by atoms with E-state index >= 15 is 0 Å². The minimum absolute atomic E-state index is 0.280. The van der Waals surface area contributed by atoms with Gasteiger partial charge >= 0.3 is 0 Å². The zero-order chi connectivity index (χ0) is 4.99. The van der Waals surface area contributed by atoms with Crippen molar-refractivity contribution in [2.45, 2.75) is 0 Å². The Kier molecular flexibility index (Phi) is 2.91. The lowest BCUT2D eigenvalue weighted by Crippen LogP contribution is -1.98. The summed E-state index contributed by atoms with van der Waals surface area (Å²) in [6, 6.07) is 0. The van der Waals surface area contributed by atoms with Crippen molar-refractivity contribution in [2.24, 2.45) is 16.1 Å². The average molecular weight is 198 g/mol. The van der Waals surface area contributed by atoms with Crippen LogP contribution in [0.4, 0.5) is 0 Å². The fourth-order valence-electron chi connectivity index (χ4n) is 0.0478. The molecule has 4 nitrogen and oxygen atoms in total. The van der Waals surface area contributed by atoms with Crippen molar-refractivity contribution in [3.05, 3.63) is 0 Å². The first kappa shape index (κ1) is 5.80. The number of nitrogens with two attached hydrogens (primary N) is 1. The fourth-order valence-corrected chi connectivity index (χ4v) is 0.156. The fraction of sp³-hybridized carbons (Fsp3) is 0. The molecule has 6 heavy (non-hydrogen) atoms. The molecule has 0 radical (unpaired) electrons. The van der Waals surface area contributed by atoms with Gasteiger partial charge < -0.3 is 5.73 Å². The Bertz CT molecular complexity index is 71.6. The lowest BCUT2D eigenvalue weighted by Gasteiger charge is -1.72. The molecule has 0 aromatic carbocycles. The Hall–Kier alpha value is -0.200. The predicted molar refractivity (Wildman–Crippen MR) is 30.8 cm³/mol. The first-order valence-corrected chi connectivity index (χ1v) is 2.20. The molecule has 0 aromatic rings. The monoisotopic (exact) mass is 198 g/mol. The maximum Gasteiger partial charge on any atom is 0.185 e. The smallest absolute Gasteiger partial charge is 0.185 e. The van der Waals surface area contributed by atoms with E-state index in [2.05, 4.69) is 10.3 Å². The summed E-state index contributed by atoms with van der Waals surface area (Å²) in [5, 5.41) is 5.74. The van der Waals surface area contributed by atoms with Gasteiger partial charge in [0, 0.05) is 22.6 Å². The second-order valence-electron chi connectivity index (χ2n) is 0.523. The third-order valence-electron chi connectivity index (χ3n) is 0.146. The van der Waals surface area contributed by atoms with Crippen molar-refractivity contribution in [2.75, 3.05) is 0 Å². The highest BCUT2D eigenvalue weighted by Crippen LogP contribution is 1.79. The molecule has 0 bridgehead atoms. The molecule has 0 aliphatic rings. The quantitative estimate of drug-likeness (QED) is 0.159. The van der Waals surface area contributed by atoms with Crippen LogP contribution in [0.1, 0.15) is 0 Å². The van der Waals surface area contributed by atoms with Crippen molar-refractivity contribution in [1.29, 1.82) is 5.53 Å². The third kappa shape index (κ3) is 3.80. The van der Waals surface area contributed by atoms with E-state index in [-0.39, 0.29) is 3.84 Å². The molecule has 34 valence electrons. The summed E-state index contributed by atoms with van der Waals surface area (Å²) >= 11 is 1.76. The Balaban J connectivity index is 3.41. The number of nitrogens with zero attached hydrogens (tertiary/aromatic N) is 2. The maximum atomic E-state index is 6.09. The molecule has 0 saturated carbocycles. The summed E-state index contributed by atoms with van der Waals surface area (Å²) in [5.74, 6) is 0. The third-order valence-corrected chi connectivity index (χ3v) is 0.361. The molecule has 0 fully saturated rings. The number of hydrogen-bond donors (Lipinski definition) is 2. The van der Waals surface area contributed by atoms with Crippen molar-refractivity contribution < 1.29 is 0 Å². The highest BCUT2D eigenvalue weighted by Gasteiger charge is 1.70. The van der Waals surface area contributed by atoms with Gasteiger partial charge in [-0.1, -0.05) is 5.22 Å². The van der Waals surface area contributed by atoms with Gasteiger partial charge in [-0.25, -0.2) is 0 Å². The largest absolute Gasteiger partial charge is 0.377 e. The molecule has 0 aliphatic carbocycles. The lowest BCUT2D eigenvalue weighted by molar-refractivity contribution is 0.992. The maximum absolute atomic E-state index is 6.09. The molecule has 5 heteroatoms. The number of nitrogens with one attached hydrogen (secondary N) is 1. The molecule has 0 aromatic heterocycles. The summed E-state index contributed by atoms with van der Waals surface area (Å²) < 4.78 is 0.280. The van der Waals surface area contributed by atoms with Crippen LogP contribution in [0.25, 0.3) is 0 Å².